The van der Waals surface area contributed by atoms with Crippen molar-refractivity contribution in [3.05, 3.63) is 0 Å². The minimum atomic E-state index is -5.39. The molecule has 0 unspecified atom stereocenters. The first-order chi connectivity index (χ1) is 7.20. The molecular weight excluding hydrogens is 431 g/mol. The summed E-state index contributed by atoms with van der Waals surface area (Å²) in [6, 6.07) is 0. The summed E-state index contributed by atoms with van der Waals surface area (Å²) in [5, 5.41) is 45.9. The molecule has 0 aromatic rings. The van der Waals surface area contributed by atoms with Gasteiger partial charge in [0.05, 0.1) is 0 Å². The van der Waals surface area contributed by atoms with Gasteiger partial charge >= 0.3 is 208 Å². The van der Waals surface area contributed by atoms with Gasteiger partial charge in [-0.15, -0.1) is 0 Å². The maximum atomic E-state index is 8.55. The number of hydrogen-bond acceptors (Lipinski definition) is 10. The predicted molar refractivity (Wildman–Crippen MR) is 33.9 cm³/mol. The fourth-order valence-electron chi connectivity index (χ4n) is 0. The monoisotopic (exact) mass is 436 g/mol. The van der Waals surface area contributed by atoms with Crippen molar-refractivity contribution in [1.29, 1.82) is 0 Å². The van der Waals surface area contributed by atoms with Crippen LogP contribution < -0.4 is 236 Å². The van der Waals surface area contributed by atoms with Crippen LogP contribution in [0.1, 0.15) is 2.85 Å². The quantitative estimate of drug-likeness (QED) is 0.235. The predicted octanol–water partition coefficient (Wildman–Crippen LogP) is -17.9. The Morgan fingerprint density at radius 3 is 0.667 bits per heavy atom. The second-order valence-electron chi connectivity index (χ2n) is 1.24. The van der Waals surface area contributed by atoms with Crippen LogP contribution in [0.3, 0.4) is 0 Å². The third-order valence-corrected chi connectivity index (χ3v) is 0. The average molecular weight is 436 g/mol. The topological polar surface area (TPSA) is 267 Å². The zero-order valence-electron chi connectivity index (χ0n) is 13.4. The summed E-state index contributed by atoms with van der Waals surface area (Å²) in [6.07, 6.45) is -6.25. The third-order valence-electron chi connectivity index (χ3n) is 0. The van der Waals surface area contributed by atoms with E-state index in [1.165, 1.54) is 0 Å². The zero-order valence-corrected chi connectivity index (χ0v) is 24.8. The van der Waals surface area contributed by atoms with E-state index in [1.54, 1.807) is 0 Å². The van der Waals surface area contributed by atoms with Crippen LogP contribution in [0.2, 0.25) is 0 Å². The van der Waals surface area contributed by atoms with Crippen molar-refractivity contribution in [1.82, 2.24) is 0 Å². The van der Waals surface area contributed by atoms with Crippen molar-refractivity contribution in [3.8, 4) is 0 Å². The molecular formula is C3H5K4O13P. The summed E-state index contributed by atoms with van der Waals surface area (Å²) in [7, 11) is -5.39. The van der Waals surface area contributed by atoms with Gasteiger partial charge in [0.2, 0.25) is 18.5 Å². The summed E-state index contributed by atoms with van der Waals surface area (Å²) < 4.78 is 8.55. The van der Waals surface area contributed by atoms with E-state index in [2.05, 4.69) is 0 Å². The van der Waals surface area contributed by atoms with E-state index >= 15 is 0 Å². The molecule has 0 spiro atoms. The van der Waals surface area contributed by atoms with Gasteiger partial charge in [-0.2, -0.15) is 7.82 Å². The summed E-state index contributed by atoms with van der Waals surface area (Å²) >= 11 is 0. The SMILES string of the molecule is O=C([O-])O.O=C([O-])O.O=C([O-])O.O=P([O-])([O-])[O-].[H+].[H+].[K+].[K+].[K+].[K+]. The van der Waals surface area contributed by atoms with E-state index < -0.39 is 26.3 Å². The standard InChI is InChI=1S/3CH2O3.4K.H3O4P/c3*2-1(3)4;;;;;1-5(2,3)4/h3*(H2,2,3,4);;;;;(H3,1,2,3,4)/q;;;4*+1;/p-4. The van der Waals surface area contributed by atoms with Crippen LogP contribution in [-0.4, -0.2) is 33.8 Å². The van der Waals surface area contributed by atoms with Crippen molar-refractivity contribution < 1.29 is 273 Å². The molecule has 0 atom stereocenters. The Kier molecular flexibility index (Phi) is 84.6. The number of hydrogen-bond donors (Lipinski definition) is 3. The molecule has 0 rings (SSSR count). The third kappa shape index (κ3) is 619. The van der Waals surface area contributed by atoms with Gasteiger partial charge in [-0.25, -0.2) is 0 Å². The van der Waals surface area contributed by atoms with Crippen LogP contribution in [0.4, 0.5) is 14.4 Å². The van der Waals surface area contributed by atoms with E-state index in [4.69, 9.17) is 64.3 Å². The minimum Gasteiger partial charge on any atom is -0.822 e. The van der Waals surface area contributed by atoms with E-state index in [0.29, 0.717) is 0 Å². The molecule has 0 radical (unpaired) electrons. The van der Waals surface area contributed by atoms with E-state index in [9.17, 15) is 0 Å². The van der Waals surface area contributed by atoms with Crippen molar-refractivity contribution >= 4 is 26.3 Å². The van der Waals surface area contributed by atoms with Crippen LogP contribution >= 0.6 is 7.82 Å². The fraction of sp³-hybridized carbons (Fsp3) is 0. The van der Waals surface area contributed by atoms with Gasteiger partial charge < -0.3 is 64.3 Å². The molecule has 21 heavy (non-hydrogen) atoms. The molecule has 0 aliphatic rings. The van der Waals surface area contributed by atoms with Crippen molar-refractivity contribution in [2.24, 2.45) is 0 Å². The molecule has 0 aromatic heterocycles. The van der Waals surface area contributed by atoms with E-state index in [1.807, 2.05) is 0 Å². The van der Waals surface area contributed by atoms with Gasteiger partial charge in [-0.1, -0.05) is 0 Å². The molecule has 0 amide bonds. The first-order valence-electron chi connectivity index (χ1n) is 2.63. The number of rotatable bonds is 0. The van der Waals surface area contributed by atoms with Gasteiger partial charge in [-0.3, -0.25) is 0 Å². The van der Waals surface area contributed by atoms with Gasteiger partial charge in [0.1, 0.15) is 0 Å². The average Bonchev–Trinajstić information content (AvgIpc) is 1.73. The molecule has 0 saturated carbocycles. The van der Waals surface area contributed by atoms with Gasteiger partial charge in [0.25, 0.3) is 0 Å². The van der Waals surface area contributed by atoms with Crippen molar-refractivity contribution in [2.45, 2.75) is 0 Å². The van der Waals surface area contributed by atoms with E-state index in [-0.39, 0.29) is 208 Å². The molecule has 104 valence electrons. The Balaban J connectivity index is -0.0000000113. The first-order valence-corrected chi connectivity index (χ1v) is 4.09. The molecule has 18 heteroatoms. The molecule has 13 nitrogen and oxygen atoms in total. The van der Waals surface area contributed by atoms with Crippen LogP contribution in [0.5, 0.6) is 0 Å². The minimum absolute atomic E-state index is 0. The smallest absolute Gasteiger partial charge is 0.822 e. The molecule has 0 heterocycles. The van der Waals surface area contributed by atoms with Crippen LogP contribution in [0.15, 0.2) is 0 Å². The fourth-order valence-corrected chi connectivity index (χ4v) is 0. The maximum absolute atomic E-state index is 8.55. The molecule has 0 saturated heterocycles. The summed E-state index contributed by atoms with van der Waals surface area (Å²) in [6.45, 7) is 0. The summed E-state index contributed by atoms with van der Waals surface area (Å²) in [5.41, 5.74) is 0. The first kappa shape index (κ1) is 50.0. The Morgan fingerprint density at radius 1 is 0.667 bits per heavy atom. The molecule has 3 N–H and O–H groups in total. The van der Waals surface area contributed by atoms with Gasteiger partial charge in [0, 0.05) is 0 Å². The van der Waals surface area contributed by atoms with E-state index in [0.717, 1.165) is 0 Å². The van der Waals surface area contributed by atoms with Crippen LogP contribution in [-0.2, 0) is 4.57 Å². The Labute approximate surface area is 290 Å². The zero-order chi connectivity index (χ0) is 15.2. The second kappa shape index (κ2) is 35.6. The Hall–Kier alpha value is 4.47. The normalized spacial score (nSPS) is 6.24. The molecule has 0 fully saturated rings. The van der Waals surface area contributed by atoms with Gasteiger partial charge in [-0.05, 0) is 0 Å². The number of carbonyl (C=O) groups is 3. The molecule has 0 bridgehead atoms. The Morgan fingerprint density at radius 2 is 0.667 bits per heavy atom. The van der Waals surface area contributed by atoms with Crippen molar-refractivity contribution in [2.75, 3.05) is 0 Å². The molecule has 0 aliphatic carbocycles. The second-order valence-corrected chi connectivity index (χ2v) is 2.14. The summed E-state index contributed by atoms with van der Waals surface area (Å²) in [5.74, 6) is 0. The number of phosphoric acid groups is 1. The number of carboxylic acid groups (broad SMARTS) is 6. The Bertz CT molecular complexity index is 238. The van der Waals surface area contributed by atoms with Crippen LogP contribution in [0, 0.1) is 0 Å². The molecule has 0 aliphatic heterocycles. The largest absolute Gasteiger partial charge is 1.00 e. The molecule has 0 aromatic carbocycles. The van der Waals surface area contributed by atoms with Gasteiger partial charge in [0.15, 0.2) is 0 Å². The van der Waals surface area contributed by atoms with Crippen LogP contribution in [0.25, 0.3) is 0 Å². The maximum Gasteiger partial charge on any atom is 1.00 e. The summed E-state index contributed by atoms with van der Waals surface area (Å²) in [4.78, 5) is 51.0. The van der Waals surface area contributed by atoms with Crippen molar-refractivity contribution in [3.63, 3.8) is 0 Å².